The molecule has 1 N–H and O–H groups in total. The van der Waals surface area contributed by atoms with Crippen molar-refractivity contribution in [3.8, 4) is 0 Å². The van der Waals surface area contributed by atoms with Gasteiger partial charge in [-0.1, -0.05) is 36.2 Å². The standard InChI is InChI=1S/C16H22ClN/c1-11(15-9-12-6-7-13(15)8-12)18-10-14-4-2-3-5-16(14)17/h2-5,11-13,15,18H,6-10H2,1H3/t11-,12+,13+,15-/m1/s1. The van der Waals surface area contributed by atoms with E-state index in [1.165, 1.54) is 31.2 Å². The molecule has 4 atom stereocenters. The van der Waals surface area contributed by atoms with Crippen molar-refractivity contribution in [3.63, 3.8) is 0 Å². The fraction of sp³-hybridized carbons (Fsp3) is 0.625. The Balaban J connectivity index is 1.56. The highest BCUT2D eigenvalue weighted by Crippen LogP contribution is 2.49. The molecule has 2 bridgehead atoms. The molecule has 18 heavy (non-hydrogen) atoms. The molecule has 0 spiro atoms. The van der Waals surface area contributed by atoms with Crippen LogP contribution in [-0.4, -0.2) is 6.04 Å². The first-order chi connectivity index (χ1) is 8.74. The summed E-state index contributed by atoms with van der Waals surface area (Å²) in [6, 6.07) is 8.76. The van der Waals surface area contributed by atoms with Crippen molar-refractivity contribution in [2.75, 3.05) is 0 Å². The number of rotatable bonds is 4. The van der Waals surface area contributed by atoms with E-state index in [4.69, 9.17) is 11.6 Å². The van der Waals surface area contributed by atoms with Crippen LogP contribution in [0.1, 0.15) is 38.2 Å². The van der Waals surface area contributed by atoms with Gasteiger partial charge in [0.1, 0.15) is 0 Å². The van der Waals surface area contributed by atoms with Crippen molar-refractivity contribution in [3.05, 3.63) is 34.9 Å². The molecule has 0 aromatic heterocycles. The third kappa shape index (κ3) is 2.44. The molecule has 98 valence electrons. The lowest BCUT2D eigenvalue weighted by atomic mass is 9.84. The molecule has 0 amide bonds. The zero-order chi connectivity index (χ0) is 12.5. The summed E-state index contributed by atoms with van der Waals surface area (Å²) in [6.45, 7) is 3.25. The highest BCUT2D eigenvalue weighted by Gasteiger charge is 2.41. The summed E-state index contributed by atoms with van der Waals surface area (Å²) < 4.78 is 0. The Hall–Kier alpha value is -0.530. The molecule has 3 rings (SSSR count). The minimum atomic E-state index is 0.622. The summed E-state index contributed by atoms with van der Waals surface area (Å²) in [7, 11) is 0. The van der Waals surface area contributed by atoms with E-state index < -0.39 is 0 Å². The van der Waals surface area contributed by atoms with Gasteiger partial charge in [0.05, 0.1) is 0 Å². The topological polar surface area (TPSA) is 12.0 Å². The summed E-state index contributed by atoms with van der Waals surface area (Å²) in [5.41, 5.74) is 1.22. The first-order valence-electron chi connectivity index (χ1n) is 7.21. The van der Waals surface area contributed by atoms with E-state index >= 15 is 0 Å². The van der Waals surface area contributed by atoms with E-state index in [2.05, 4.69) is 24.4 Å². The number of halogens is 1. The average Bonchev–Trinajstić information content (AvgIpc) is 2.99. The van der Waals surface area contributed by atoms with Gasteiger partial charge < -0.3 is 5.32 Å². The second-order valence-corrected chi connectivity index (χ2v) is 6.51. The number of nitrogens with one attached hydrogen (secondary N) is 1. The van der Waals surface area contributed by atoms with Crippen LogP contribution in [0.15, 0.2) is 24.3 Å². The van der Waals surface area contributed by atoms with Crippen molar-refractivity contribution >= 4 is 11.6 Å². The van der Waals surface area contributed by atoms with Crippen molar-refractivity contribution in [1.82, 2.24) is 5.32 Å². The van der Waals surface area contributed by atoms with Gasteiger partial charge in [0.15, 0.2) is 0 Å². The van der Waals surface area contributed by atoms with Gasteiger partial charge in [-0.2, -0.15) is 0 Å². The SMILES string of the molecule is C[C@@H](NCc1ccccc1Cl)[C@H]1C[C@H]2CC[C@H]1C2. The van der Waals surface area contributed by atoms with Gasteiger partial charge in [0.25, 0.3) is 0 Å². The molecule has 0 aliphatic heterocycles. The van der Waals surface area contributed by atoms with Gasteiger partial charge >= 0.3 is 0 Å². The van der Waals surface area contributed by atoms with Crippen LogP contribution in [0, 0.1) is 17.8 Å². The molecule has 2 aliphatic carbocycles. The molecule has 2 saturated carbocycles. The van der Waals surface area contributed by atoms with Crippen LogP contribution in [0.2, 0.25) is 5.02 Å². The fourth-order valence-electron chi connectivity index (χ4n) is 3.97. The number of hydrogen-bond donors (Lipinski definition) is 1. The Morgan fingerprint density at radius 3 is 2.78 bits per heavy atom. The minimum Gasteiger partial charge on any atom is -0.310 e. The molecule has 0 unspecified atom stereocenters. The number of benzene rings is 1. The lowest BCUT2D eigenvalue weighted by molar-refractivity contribution is 0.259. The molecular weight excluding hydrogens is 242 g/mol. The van der Waals surface area contributed by atoms with Crippen LogP contribution < -0.4 is 5.32 Å². The molecule has 2 heteroatoms. The van der Waals surface area contributed by atoms with Gasteiger partial charge in [-0.25, -0.2) is 0 Å². The van der Waals surface area contributed by atoms with Gasteiger partial charge in [0.2, 0.25) is 0 Å². The zero-order valence-electron chi connectivity index (χ0n) is 11.0. The maximum atomic E-state index is 6.19. The molecule has 0 radical (unpaired) electrons. The number of fused-ring (bicyclic) bond motifs is 2. The predicted octanol–water partition coefficient (Wildman–Crippen LogP) is 4.25. The Bertz CT molecular complexity index is 417. The quantitative estimate of drug-likeness (QED) is 0.856. The third-order valence-corrected chi connectivity index (χ3v) is 5.38. The molecular formula is C16H22ClN. The van der Waals surface area contributed by atoms with Gasteiger partial charge in [-0.05, 0) is 55.6 Å². The molecule has 0 heterocycles. The van der Waals surface area contributed by atoms with E-state index in [0.717, 1.165) is 29.3 Å². The maximum Gasteiger partial charge on any atom is 0.0450 e. The third-order valence-electron chi connectivity index (χ3n) is 5.01. The molecule has 2 fully saturated rings. The van der Waals surface area contributed by atoms with Crippen molar-refractivity contribution in [2.45, 2.75) is 45.2 Å². The zero-order valence-corrected chi connectivity index (χ0v) is 11.8. The van der Waals surface area contributed by atoms with E-state index in [9.17, 15) is 0 Å². The Labute approximate surface area is 115 Å². The Morgan fingerprint density at radius 2 is 2.11 bits per heavy atom. The van der Waals surface area contributed by atoms with Crippen LogP contribution in [0.3, 0.4) is 0 Å². The lowest BCUT2D eigenvalue weighted by Crippen LogP contribution is -2.35. The first-order valence-corrected chi connectivity index (χ1v) is 7.58. The van der Waals surface area contributed by atoms with Gasteiger partial charge in [-0.15, -0.1) is 0 Å². The highest BCUT2D eigenvalue weighted by atomic mass is 35.5. The van der Waals surface area contributed by atoms with E-state index in [-0.39, 0.29) is 0 Å². The maximum absolute atomic E-state index is 6.19. The molecule has 2 aliphatic rings. The Morgan fingerprint density at radius 1 is 1.28 bits per heavy atom. The summed E-state index contributed by atoms with van der Waals surface area (Å²) in [4.78, 5) is 0. The summed E-state index contributed by atoms with van der Waals surface area (Å²) >= 11 is 6.19. The van der Waals surface area contributed by atoms with E-state index in [1.807, 2.05) is 12.1 Å². The van der Waals surface area contributed by atoms with Crippen LogP contribution in [0.4, 0.5) is 0 Å². The minimum absolute atomic E-state index is 0.622. The van der Waals surface area contributed by atoms with Gasteiger partial charge in [0, 0.05) is 17.6 Å². The summed E-state index contributed by atoms with van der Waals surface area (Å²) in [6.07, 6.45) is 5.88. The number of hydrogen-bond acceptors (Lipinski definition) is 1. The Kier molecular flexibility index (Phi) is 3.63. The fourth-order valence-corrected chi connectivity index (χ4v) is 4.17. The summed E-state index contributed by atoms with van der Waals surface area (Å²) in [5, 5.41) is 4.56. The summed E-state index contributed by atoms with van der Waals surface area (Å²) in [5.74, 6) is 2.92. The van der Waals surface area contributed by atoms with Crippen molar-refractivity contribution in [2.24, 2.45) is 17.8 Å². The van der Waals surface area contributed by atoms with Crippen LogP contribution in [0.25, 0.3) is 0 Å². The normalized spacial score (nSPS) is 31.8. The van der Waals surface area contributed by atoms with Gasteiger partial charge in [-0.3, -0.25) is 0 Å². The second kappa shape index (κ2) is 5.22. The average molecular weight is 264 g/mol. The second-order valence-electron chi connectivity index (χ2n) is 6.10. The molecule has 1 aromatic carbocycles. The highest BCUT2D eigenvalue weighted by molar-refractivity contribution is 6.31. The lowest BCUT2D eigenvalue weighted by Gasteiger charge is -2.28. The molecule has 0 saturated heterocycles. The van der Waals surface area contributed by atoms with E-state index in [0.29, 0.717) is 6.04 Å². The smallest absolute Gasteiger partial charge is 0.0450 e. The largest absolute Gasteiger partial charge is 0.310 e. The van der Waals surface area contributed by atoms with E-state index in [1.54, 1.807) is 0 Å². The van der Waals surface area contributed by atoms with Crippen molar-refractivity contribution < 1.29 is 0 Å². The van der Waals surface area contributed by atoms with Crippen LogP contribution in [-0.2, 0) is 6.54 Å². The molecule has 1 aromatic rings. The monoisotopic (exact) mass is 263 g/mol. The first kappa shape index (κ1) is 12.5. The van der Waals surface area contributed by atoms with Crippen LogP contribution >= 0.6 is 11.6 Å². The molecule has 1 nitrogen and oxygen atoms in total. The predicted molar refractivity (Wildman–Crippen MR) is 76.7 cm³/mol. The van der Waals surface area contributed by atoms with Crippen molar-refractivity contribution in [1.29, 1.82) is 0 Å². The van der Waals surface area contributed by atoms with Crippen LogP contribution in [0.5, 0.6) is 0 Å².